The molecule has 0 spiro atoms. The highest BCUT2D eigenvalue weighted by Gasteiger charge is 2.16. The first-order valence-electron chi connectivity index (χ1n) is 7.48. The van der Waals surface area contributed by atoms with Crippen LogP contribution in [0.1, 0.15) is 37.4 Å². The normalized spacial score (nSPS) is 12.3. The van der Waals surface area contributed by atoms with Crippen LogP contribution in [-0.2, 0) is 6.42 Å². The zero-order chi connectivity index (χ0) is 16.4. The van der Waals surface area contributed by atoms with Gasteiger partial charge in [0.25, 0.3) is 0 Å². The molecule has 0 amide bonds. The lowest BCUT2D eigenvalue weighted by Crippen LogP contribution is -2.08. The first-order valence-corrected chi connectivity index (χ1v) is 7.85. The van der Waals surface area contributed by atoms with E-state index in [-0.39, 0.29) is 6.04 Å². The summed E-state index contributed by atoms with van der Waals surface area (Å²) < 4.78 is 7.42. The van der Waals surface area contributed by atoms with Crippen molar-refractivity contribution in [3.05, 3.63) is 53.0 Å². The second-order valence-corrected chi connectivity index (χ2v) is 5.73. The van der Waals surface area contributed by atoms with Gasteiger partial charge in [0.05, 0.1) is 23.3 Å². The molecule has 23 heavy (non-hydrogen) atoms. The van der Waals surface area contributed by atoms with Crippen molar-refractivity contribution in [2.24, 2.45) is 0 Å². The number of hydrogen-bond donors (Lipinski definition) is 1. The number of benzene rings is 1. The molecule has 6 nitrogen and oxygen atoms in total. The Morgan fingerprint density at radius 3 is 2.87 bits per heavy atom. The van der Waals surface area contributed by atoms with E-state index in [1.54, 1.807) is 6.20 Å². The fourth-order valence-electron chi connectivity index (χ4n) is 2.30. The molecule has 1 atom stereocenters. The first kappa shape index (κ1) is 15.6. The number of anilines is 1. The number of aromatic nitrogens is 4. The van der Waals surface area contributed by atoms with Gasteiger partial charge < -0.3 is 9.73 Å². The van der Waals surface area contributed by atoms with E-state index in [1.807, 2.05) is 49.7 Å². The van der Waals surface area contributed by atoms with Crippen molar-refractivity contribution < 1.29 is 4.42 Å². The Labute approximate surface area is 139 Å². The fraction of sp³-hybridized carbons (Fsp3) is 0.312. The molecule has 0 saturated carbocycles. The third-order valence-corrected chi connectivity index (χ3v) is 3.83. The van der Waals surface area contributed by atoms with Crippen molar-refractivity contribution in [2.45, 2.75) is 33.2 Å². The molecule has 3 rings (SSSR count). The standard InChI is InChI=1S/C16H18ClN5O/c1-4-15-20-21-16(23-15)10(2)19-14-9-18-22(11(14)3)13-7-5-6-12(17)8-13/h5-10,19H,4H2,1-3H3/t10-/m1/s1. The molecule has 1 aromatic carbocycles. The second kappa shape index (κ2) is 6.42. The minimum absolute atomic E-state index is 0.0986. The lowest BCUT2D eigenvalue weighted by Gasteiger charge is -2.11. The Morgan fingerprint density at radius 1 is 1.35 bits per heavy atom. The molecule has 120 valence electrons. The smallest absolute Gasteiger partial charge is 0.238 e. The van der Waals surface area contributed by atoms with Gasteiger partial charge in [0, 0.05) is 11.4 Å². The van der Waals surface area contributed by atoms with E-state index >= 15 is 0 Å². The molecule has 0 fully saturated rings. The largest absolute Gasteiger partial charge is 0.423 e. The van der Waals surface area contributed by atoms with Crippen LogP contribution in [0.15, 0.2) is 34.9 Å². The molecule has 2 aromatic heterocycles. The van der Waals surface area contributed by atoms with Crippen LogP contribution in [0.3, 0.4) is 0 Å². The van der Waals surface area contributed by atoms with Gasteiger partial charge in [-0.15, -0.1) is 10.2 Å². The summed E-state index contributed by atoms with van der Waals surface area (Å²) in [6.45, 7) is 5.95. The number of nitrogens with zero attached hydrogens (tertiary/aromatic N) is 4. The van der Waals surface area contributed by atoms with E-state index in [1.165, 1.54) is 0 Å². The van der Waals surface area contributed by atoms with Crippen molar-refractivity contribution in [1.29, 1.82) is 0 Å². The monoisotopic (exact) mass is 331 g/mol. The van der Waals surface area contributed by atoms with Crippen LogP contribution >= 0.6 is 11.6 Å². The maximum absolute atomic E-state index is 6.05. The van der Waals surface area contributed by atoms with E-state index in [2.05, 4.69) is 20.6 Å². The SMILES string of the molecule is CCc1nnc([C@@H](C)Nc2cnn(-c3cccc(Cl)c3)c2C)o1. The van der Waals surface area contributed by atoms with Gasteiger partial charge in [-0.25, -0.2) is 4.68 Å². The average Bonchev–Trinajstić information content (AvgIpc) is 3.15. The highest BCUT2D eigenvalue weighted by Crippen LogP contribution is 2.24. The van der Waals surface area contributed by atoms with E-state index in [9.17, 15) is 0 Å². The maximum atomic E-state index is 6.05. The van der Waals surface area contributed by atoms with Gasteiger partial charge in [0.15, 0.2) is 0 Å². The third kappa shape index (κ3) is 3.22. The van der Waals surface area contributed by atoms with Gasteiger partial charge in [-0.1, -0.05) is 24.6 Å². The third-order valence-electron chi connectivity index (χ3n) is 3.59. The number of halogens is 1. The topological polar surface area (TPSA) is 68.8 Å². The summed E-state index contributed by atoms with van der Waals surface area (Å²) in [7, 11) is 0. The predicted octanol–water partition coefficient (Wildman–Crippen LogP) is 3.95. The zero-order valence-corrected chi connectivity index (χ0v) is 14.0. The van der Waals surface area contributed by atoms with Crippen molar-refractivity contribution in [1.82, 2.24) is 20.0 Å². The fourth-order valence-corrected chi connectivity index (χ4v) is 2.48. The van der Waals surface area contributed by atoms with Crippen LogP contribution in [0.5, 0.6) is 0 Å². The summed E-state index contributed by atoms with van der Waals surface area (Å²) >= 11 is 6.05. The van der Waals surface area contributed by atoms with Gasteiger partial charge in [0.2, 0.25) is 11.8 Å². The zero-order valence-electron chi connectivity index (χ0n) is 13.2. The molecular formula is C16H18ClN5O. The first-order chi connectivity index (χ1) is 11.1. The van der Waals surface area contributed by atoms with Crippen molar-refractivity contribution in [3.8, 4) is 5.69 Å². The Balaban J connectivity index is 1.82. The number of aryl methyl sites for hydroxylation is 1. The molecule has 0 aliphatic carbocycles. The number of hydrogen-bond acceptors (Lipinski definition) is 5. The van der Waals surface area contributed by atoms with E-state index in [4.69, 9.17) is 16.0 Å². The van der Waals surface area contributed by atoms with Gasteiger partial charge >= 0.3 is 0 Å². The molecule has 0 aliphatic rings. The highest BCUT2D eigenvalue weighted by atomic mass is 35.5. The van der Waals surface area contributed by atoms with Gasteiger partial charge in [-0.3, -0.25) is 0 Å². The molecule has 3 aromatic rings. The van der Waals surface area contributed by atoms with Crippen molar-refractivity contribution in [2.75, 3.05) is 5.32 Å². The Bertz CT molecular complexity index is 810. The molecule has 0 saturated heterocycles. The molecule has 0 bridgehead atoms. The summed E-state index contributed by atoms with van der Waals surface area (Å²) in [5.41, 5.74) is 2.81. The summed E-state index contributed by atoms with van der Waals surface area (Å²) in [6, 6.07) is 7.48. The Hall–Kier alpha value is -2.34. The second-order valence-electron chi connectivity index (χ2n) is 5.29. The van der Waals surface area contributed by atoms with Crippen LogP contribution < -0.4 is 5.32 Å². The molecule has 0 aliphatic heterocycles. The van der Waals surface area contributed by atoms with E-state index in [0.29, 0.717) is 16.8 Å². The lowest BCUT2D eigenvalue weighted by molar-refractivity contribution is 0.439. The van der Waals surface area contributed by atoms with Crippen molar-refractivity contribution >= 4 is 17.3 Å². The lowest BCUT2D eigenvalue weighted by atomic mass is 10.3. The molecule has 2 heterocycles. The summed E-state index contributed by atoms with van der Waals surface area (Å²) in [5.74, 6) is 1.21. The molecule has 1 N–H and O–H groups in total. The van der Waals surface area contributed by atoms with Gasteiger partial charge in [0.1, 0.15) is 6.04 Å². The van der Waals surface area contributed by atoms with Crippen LogP contribution in [0.25, 0.3) is 5.69 Å². The minimum Gasteiger partial charge on any atom is -0.423 e. The molecule has 7 heteroatoms. The van der Waals surface area contributed by atoms with Crippen molar-refractivity contribution in [3.63, 3.8) is 0 Å². The summed E-state index contributed by atoms with van der Waals surface area (Å²) in [5, 5.41) is 16.5. The molecule has 0 radical (unpaired) electrons. The Kier molecular flexibility index (Phi) is 4.34. The molecular weight excluding hydrogens is 314 g/mol. The quantitative estimate of drug-likeness (QED) is 0.766. The highest BCUT2D eigenvalue weighted by molar-refractivity contribution is 6.30. The van der Waals surface area contributed by atoms with Gasteiger partial charge in [-0.2, -0.15) is 5.10 Å². The average molecular weight is 332 g/mol. The number of nitrogens with one attached hydrogen (secondary N) is 1. The molecule has 0 unspecified atom stereocenters. The van der Waals surface area contributed by atoms with Crippen LogP contribution in [0, 0.1) is 6.92 Å². The maximum Gasteiger partial charge on any atom is 0.238 e. The summed E-state index contributed by atoms with van der Waals surface area (Å²) in [4.78, 5) is 0. The van der Waals surface area contributed by atoms with E-state index in [0.717, 1.165) is 23.5 Å². The minimum atomic E-state index is -0.0986. The van der Waals surface area contributed by atoms with Crippen LogP contribution in [-0.4, -0.2) is 20.0 Å². The van der Waals surface area contributed by atoms with Crippen LogP contribution in [0.2, 0.25) is 5.02 Å². The number of rotatable bonds is 5. The van der Waals surface area contributed by atoms with Crippen LogP contribution in [0.4, 0.5) is 5.69 Å². The summed E-state index contributed by atoms with van der Waals surface area (Å²) in [6.07, 6.45) is 2.51. The van der Waals surface area contributed by atoms with E-state index < -0.39 is 0 Å². The Morgan fingerprint density at radius 2 is 2.17 bits per heavy atom. The predicted molar refractivity (Wildman–Crippen MR) is 89.0 cm³/mol. The van der Waals surface area contributed by atoms with Gasteiger partial charge in [-0.05, 0) is 32.0 Å².